The Hall–Kier alpha value is -2.10. The van der Waals surface area contributed by atoms with Crippen molar-refractivity contribution in [3.8, 4) is 5.75 Å². The van der Waals surface area contributed by atoms with Crippen LogP contribution in [0.5, 0.6) is 5.75 Å². The Kier molecular flexibility index (Phi) is 6.42. The molecule has 0 heterocycles. The molecule has 1 aliphatic rings. The number of benzene rings is 1. The van der Waals surface area contributed by atoms with E-state index in [1.54, 1.807) is 13.8 Å². The van der Waals surface area contributed by atoms with E-state index in [2.05, 4.69) is 40.7 Å². The zero-order valence-electron chi connectivity index (χ0n) is 18.5. The highest BCUT2D eigenvalue weighted by atomic mass is 19.1. The third-order valence-corrected chi connectivity index (χ3v) is 5.25. The highest BCUT2D eigenvalue weighted by Gasteiger charge is 2.34. The molecule has 4 heteroatoms. The summed E-state index contributed by atoms with van der Waals surface area (Å²) in [7, 11) is 0. The summed E-state index contributed by atoms with van der Waals surface area (Å²) in [6.45, 7) is 16.7. The standard InChI is InChI=1S/C24H33FO3/c1-9-27-20-14-19-17(18(23(4,5)6)11-12-24(19,7)8)13-16(20)15(3)21(25)22(26)28-10-2/h11,13-14H,9-10,12H2,1-8H3/b21-15+. The number of ether oxygens (including phenoxy) is 2. The Labute approximate surface area is 168 Å². The molecular weight excluding hydrogens is 355 g/mol. The predicted octanol–water partition coefficient (Wildman–Crippen LogP) is 6.46. The van der Waals surface area contributed by atoms with E-state index < -0.39 is 11.8 Å². The summed E-state index contributed by atoms with van der Waals surface area (Å²) < 4.78 is 25.4. The molecule has 1 aromatic rings. The van der Waals surface area contributed by atoms with Gasteiger partial charge < -0.3 is 9.47 Å². The lowest BCUT2D eigenvalue weighted by Crippen LogP contribution is -2.25. The lowest BCUT2D eigenvalue weighted by Gasteiger charge is -2.37. The summed E-state index contributed by atoms with van der Waals surface area (Å²) in [6, 6.07) is 4.00. The lowest BCUT2D eigenvalue weighted by molar-refractivity contribution is -0.140. The minimum absolute atomic E-state index is 0.0487. The van der Waals surface area contributed by atoms with Crippen molar-refractivity contribution < 1.29 is 18.7 Å². The Morgan fingerprint density at radius 3 is 2.36 bits per heavy atom. The maximum Gasteiger partial charge on any atom is 0.367 e. The molecular formula is C24H33FO3. The van der Waals surface area contributed by atoms with E-state index in [4.69, 9.17) is 9.47 Å². The van der Waals surface area contributed by atoms with E-state index in [1.807, 2.05) is 19.1 Å². The van der Waals surface area contributed by atoms with Crippen LogP contribution in [0.4, 0.5) is 4.39 Å². The highest BCUT2D eigenvalue weighted by molar-refractivity contribution is 5.96. The molecule has 0 radical (unpaired) electrons. The van der Waals surface area contributed by atoms with Crippen LogP contribution < -0.4 is 4.74 Å². The highest BCUT2D eigenvalue weighted by Crippen LogP contribution is 2.48. The number of allylic oxidation sites excluding steroid dienone is 3. The Bertz CT molecular complexity index is 823. The van der Waals surface area contributed by atoms with Crippen molar-refractivity contribution in [2.75, 3.05) is 13.2 Å². The molecule has 1 aromatic carbocycles. The average Bonchev–Trinajstić information content (AvgIpc) is 2.59. The van der Waals surface area contributed by atoms with Crippen LogP contribution in [0.2, 0.25) is 0 Å². The molecule has 0 atom stereocenters. The first-order valence-electron chi connectivity index (χ1n) is 10.00. The van der Waals surface area contributed by atoms with Crippen LogP contribution in [0.15, 0.2) is 24.0 Å². The van der Waals surface area contributed by atoms with E-state index in [1.165, 1.54) is 11.1 Å². The maximum absolute atomic E-state index is 14.7. The van der Waals surface area contributed by atoms with Crippen LogP contribution in [0.1, 0.15) is 78.5 Å². The third-order valence-electron chi connectivity index (χ3n) is 5.25. The van der Waals surface area contributed by atoms with E-state index in [0.717, 1.165) is 12.0 Å². The number of fused-ring (bicyclic) bond motifs is 1. The third kappa shape index (κ3) is 4.31. The minimum Gasteiger partial charge on any atom is -0.493 e. The molecule has 3 nitrogen and oxygen atoms in total. The van der Waals surface area contributed by atoms with Crippen molar-refractivity contribution in [2.24, 2.45) is 5.41 Å². The van der Waals surface area contributed by atoms with Gasteiger partial charge in [0, 0.05) is 11.1 Å². The number of esters is 1. The SMILES string of the molecule is CCOC(=O)/C(F)=C(/C)c1cc2c(cc1OCC)C(C)(C)CC=C2C(C)(C)C. The van der Waals surface area contributed by atoms with E-state index in [-0.39, 0.29) is 23.0 Å². The summed E-state index contributed by atoms with van der Waals surface area (Å²) in [4.78, 5) is 11.9. The molecule has 0 unspecified atom stereocenters. The van der Waals surface area contributed by atoms with Crippen LogP contribution in [-0.4, -0.2) is 19.2 Å². The van der Waals surface area contributed by atoms with Gasteiger partial charge in [-0.25, -0.2) is 4.79 Å². The molecule has 2 rings (SSSR count). The van der Waals surface area contributed by atoms with Crippen LogP contribution in [0.3, 0.4) is 0 Å². The lowest BCUT2D eigenvalue weighted by atomic mass is 9.67. The van der Waals surface area contributed by atoms with Crippen LogP contribution >= 0.6 is 0 Å². The van der Waals surface area contributed by atoms with E-state index in [9.17, 15) is 9.18 Å². The number of hydrogen-bond donors (Lipinski definition) is 0. The molecule has 0 N–H and O–H groups in total. The first kappa shape index (κ1) is 22.2. The molecule has 154 valence electrons. The molecule has 1 aliphatic carbocycles. The zero-order chi connectivity index (χ0) is 21.3. The summed E-state index contributed by atoms with van der Waals surface area (Å²) in [5.41, 5.74) is 4.25. The zero-order valence-corrected chi connectivity index (χ0v) is 18.5. The predicted molar refractivity (Wildman–Crippen MR) is 113 cm³/mol. The normalized spacial score (nSPS) is 16.7. The van der Waals surface area contributed by atoms with Gasteiger partial charge in [-0.1, -0.05) is 40.7 Å². The first-order chi connectivity index (χ1) is 12.9. The van der Waals surface area contributed by atoms with Gasteiger partial charge in [0.15, 0.2) is 0 Å². The summed E-state index contributed by atoms with van der Waals surface area (Å²) >= 11 is 0. The van der Waals surface area contributed by atoms with E-state index >= 15 is 0 Å². The fourth-order valence-electron chi connectivity index (χ4n) is 3.68. The molecule has 0 amide bonds. The number of halogens is 1. The van der Waals surface area contributed by atoms with Gasteiger partial charge in [-0.15, -0.1) is 0 Å². The first-order valence-corrected chi connectivity index (χ1v) is 10.00. The largest absolute Gasteiger partial charge is 0.493 e. The van der Waals surface area contributed by atoms with Gasteiger partial charge in [0.25, 0.3) is 0 Å². The quantitative estimate of drug-likeness (QED) is 0.429. The number of rotatable bonds is 5. The van der Waals surface area contributed by atoms with Crippen molar-refractivity contribution in [2.45, 2.75) is 67.2 Å². The van der Waals surface area contributed by atoms with Gasteiger partial charge in [-0.3, -0.25) is 0 Å². The van der Waals surface area contributed by atoms with Gasteiger partial charge in [0.05, 0.1) is 13.2 Å². The molecule has 0 aliphatic heterocycles. The molecule has 0 spiro atoms. The van der Waals surface area contributed by atoms with Crippen LogP contribution in [-0.2, 0) is 14.9 Å². The second-order valence-electron chi connectivity index (χ2n) is 8.94. The number of hydrogen-bond acceptors (Lipinski definition) is 3. The van der Waals surface area contributed by atoms with Gasteiger partial charge in [-0.05, 0) is 66.9 Å². The van der Waals surface area contributed by atoms with Gasteiger partial charge in [0.1, 0.15) is 5.75 Å². The second-order valence-corrected chi connectivity index (χ2v) is 8.94. The molecule has 0 saturated heterocycles. The Morgan fingerprint density at radius 1 is 1.18 bits per heavy atom. The maximum atomic E-state index is 14.7. The molecule has 0 aromatic heterocycles. The minimum atomic E-state index is -0.938. The van der Waals surface area contributed by atoms with Gasteiger partial charge in [0.2, 0.25) is 5.83 Å². The van der Waals surface area contributed by atoms with E-state index in [0.29, 0.717) is 17.9 Å². The Morgan fingerprint density at radius 2 is 1.82 bits per heavy atom. The topological polar surface area (TPSA) is 35.5 Å². The molecule has 0 saturated carbocycles. The second kappa shape index (κ2) is 8.10. The molecule has 28 heavy (non-hydrogen) atoms. The van der Waals surface area contributed by atoms with Gasteiger partial charge >= 0.3 is 5.97 Å². The summed E-state index contributed by atoms with van der Waals surface area (Å²) in [6.07, 6.45) is 3.22. The fraction of sp³-hybridized carbons (Fsp3) is 0.542. The summed E-state index contributed by atoms with van der Waals surface area (Å²) in [5, 5.41) is 0. The van der Waals surface area contributed by atoms with Crippen LogP contribution in [0.25, 0.3) is 11.1 Å². The summed E-state index contributed by atoms with van der Waals surface area (Å²) in [5.74, 6) is -1.22. The molecule has 0 fully saturated rings. The van der Waals surface area contributed by atoms with Gasteiger partial charge in [-0.2, -0.15) is 4.39 Å². The number of carbonyl (C=O) groups excluding carboxylic acids is 1. The van der Waals surface area contributed by atoms with Crippen molar-refractivity contribution >= 4 is 17.1 Å². The number of carbonyl (C=O) groups is 1. The molecule has 0 bridgehead atoms. The van der Waals surface area contributed by atoms with Crippen LogP contribution in [0, 0.1) is 5.41 Å². The average molecular weight is 389 g/mol. The smallest absolute Gasteiger partial charge is 0.367 e. The van der Waals surface area contributed by atoms with Crippen molar-refractivity contribution in [3.63, 3.8) is 0 Å². The van der Waals surface area contributed by atoms with Crippen molar-refractivity contribution in [3.05, 3.63) is 40.7 Å². The van der Waals surface area contributed by atoms with Crippen molar-refractivity contribution in [1.82, 2.24) is 0 Å². The van der Waals surface area contributed by atoms with Crippen molar-refractivity contribution in [1.29, 1.82) is 0 Å². The fourth-order valence-corrected chi connectivity index (χ4v) is 3.68. The monoisotopic (exact) mass is 388 g/mol. The Balaban J connectivity index is 2.77.